The molecule has 102 valence electrons. The number of carbonyl (C=O) groups is 3. The highest BCUT2D eigenvalue weighted by atomic mass is 16.5. The predicted molar refractivity (Wildman–Crippen MR) is 62.0 cm³/mol. The van der Waals surface area contributed by atoms with Crippen molar-refractivity contribution in [3.8, 4) is 0 Å². The summed E-state index contributed by atoms with van der Waals surface area (Å²) in [6.45, 7) is 1.99. The van der Waals surface area contributed by atoms with E-state index in [9.17, 15) is 14.4 Å². The molecule has 1 aromatic rings. The van der Waals surface area contributed by atoms with Crippen molar-refractivity contribution in [2.24, 2.45) is 11.7 Å². The number of nitrogens with two attached hydrogens (primary N) is 1. The van der Waals surface area contributed by atoms with E-state index in [1.165, 1.54) is 4.90 Å². The largest absolute Gasteiger partial charge is 0.460 e. The molecule has 0 aliphatic carbocycles. The maximum absolute atomic E-state index is 11.7. The van der Waals surface area contributed by atoms with Crippen LogP contribution in [-0.4, -0.2) is 46.1 Å². The smallest absolute Gasteiger partial charge is 0.375 e. The normalized spacial score (nSPS) is 18.7. The number of nitrogens with one attached hydrogen (secondary N) is 1. The molecule has 2 rings (SSSR count). The number of primary amides is 1. The maximum atomic E-state index is 11.7. The number of nitrogens with zero attached hydrogens (tertiary/aromatic N) is 3. The second kappa shape index (κ2) is 5.04. The molecule has 1 atom stereocenters. The van der Waals surface area contributed by atoms with Gasteiger partial charge in [0.15, 0.2) is 0 Å². The third kappa shape index (κ3) is 2.54. The summed E-state index contributed by atoms with van der Waals surface area (Å²) in [5.41, 5.74) is 5.15. The topological polar surface area (TPSA) is 131 Å². The zero-order valence-corrected chi connectivity index (χ0v) is 10.3. The molecule has 1 saturated heterocycles. The van der Waals surface area contributed by atoms with Crippen molar-refractivity contribution in [2.75, 3.05) is 18.1 Å². The first-order chi connectivity index (χ1) is 9.02. The monoisotopic (exact) mass is 267 g/mol. The Morgan fingerprint density at radius 2 is 2.32 bits per heavy atom. The molecule has 0 saturated carbocycles. The van der Waals surface area contributed by atoms with E-state index in [0.29, 0.717) is 0 Å². The second-order valence-corrected chi connectivity index (χ2v) is 4.01. The van der Waals surface area contributed by atoms with Gasteiger partial charge in [0.2, 0.25) is 17.6 Å². The average Bonchev–Trinajstić information content (AvgIpc) is 2.95. The zero-order valence-electron chi connectivity index (χ0n) is 10.3. The minimum atomic E-state index is -0.653. The van der Waals surface area contributed by atoms with Gasteiger partial charge in [-0.25, -0.2) is 4.79 Å². The van der Waals surface area contributed by atoms with Gasteiger partial charge in [-0.2, -0.15) is 4.98 Å². The minimum absolute atomic E-state index is 0.0264. The molecule has 0 bridgehead atoms. The molecule has 3 N–H and O–H groups in total. The number of ether oxygens (including phenoxy) is 1. The Kier molecular flexibility index (Phi) is 3.45. The lowest BCUT2D eigenvalue weighted by Crippen LogP contribution is -2.29. The molecular weight excluding hydrogens is 254 g/mol. The van der Waals surface area contributed by atoms with Crippen LogP contribution < -0.4 is 10.6 Å². The van der Waals surface area contributed by atoms with Crippen molar-refractivity contribution in [1.29, 1.82) is 0 Å². The van der Waals surface area contributed by atoms with E-state index >= 15 is 0 Å². The van der Waals surface area contributed by atoms with Crippen LogP contribution in [-0.2, 0) is 14.3 Å². The number of anilines is 1. The quantitative estimate of drug-likeness (QED) is 0.660. The summed E-state index contributed by atoms with van der Waals surface area (Å²) in [6, 6.07) is 0. The third-order valence-corrected chi connectivity index (χ3v) is 2.71. The molecular formula is C10H13N5O4. The molecule has 19 heavy (non-hydrogen) atoms. The Hall–Kier alpha value is -2.45. The van der Waals surface area contributed by atoms with Gasteiger partial charge < -0.3 is 10.5 Å². The summed E-state index contributed by atoms with van der Waals surface area (Å²) in [5, 5.41) is 6.15. The number of hydrogen-bond donors (Lipinski definition) is 2. The summed E-state index contributed by atoms with van der Waals surface area (Å²) in [6.07, 6.45) is 0.0264. The van der Waals surface area contributed by atoms with E-state index in [-0.39, 0.29) is 37.3 Å². The summed E-state index contributed by atoms with van der Waals surface area (Å²) < 4.78 is 4.74. The van der Waals surface area contributed by atoms with Crippen LogP contribution in [0.2, 0.25) is 0 Å². The Morgan fingerprint density at radius 3 is 2.89 bits per heavy atom. The molecule has 0 radical (unpaired) electrons. The first-order valence-corrected chi connectivity index (χ1v) is 5.72. The molecule has 2 amide bonds. The number of aromatic nitrogens is 3. The first-order valence-electron chi connectivity index (χ1n) is 5.72. The Labute approximate surface area is 108 Å². The number of amides is 2. The van der Waals surface area contributed by atoms with Crippen molar-refractivity contribution in [1.82, 2.24) is 15.2 Å². The van der Waals surface area contributed by atoms with Crippen LogP contribution in [0.3, 0.4) is 0 Å². The van der Waals surface area contributed by atoms with E-state index < -0.39 is 17.8 Å². The molecule has 2 heterocycles. The van der Waals surface area contributed by atoms with Gasteiger partial charge in [0.1, 0.15) is 0 Å². The molecule has 0 aromatic carbocycles. The number of carbonyl (C=O) groups excluding carboxylic acids is 3. The van der Waals surface area contributed by atoms with Gasteiger partial charge in [-0.15, -0.1) is 5.10 Å². The number of rotatable bonds is 4. The van der Waals surface area contributed by atoms with Crippen LogP contribution in [0.4, 0.5) is 5.95 Å². The molecule has 0 spiro atoms. The third-order valence-electron chi connectivity index (χ3n) is 2.71. The Bertz CT molecular complexity index is 526. The van der Waals surface area contributed by atoms with Crippen LogP contribution in [0.5, 0.6) is 0 Å². The van der Waals surface area contributed by atoms with Crippen molar-refractivity contribution in [2.45, 2.75) is 13.3 Å². The van der Waals surface area contributed by atoms with Gasteiger partial charge in [-0.05, 0) is 6.92 Å². The summed E-state index contributed by atoms with van der Waals surface area (Å²) in [7, 11) is 0. The molecule has 1 aromatic heterocycles. The fraction of sp³-hybridized carbons (Fsp3) is 0.500. The van der Waals surface area contributed by atoms with Crippen molar-refractivity contribution < 1.29 is 19.1 Å². The van der Waals surface area contributed by atoms with Gasteiger partial charge in [-0.3, -0.25) is 19.6 Å². The predicted octanol–water partition coefficient (Wildman–Crippen LogP) is -1.18. The van der Waals surface area contributed by atoms with Crippen molar-refractivity contribution in [3.05, 3.63) is 5.82 Å². The van der Waals surface area contributed by atoms with Gasteiger partial charge in [0.05, 0.1) is 12.5 Å². The SMILES string of the molecule is CCOC(=O)c1nc(N2CC(C(N)=O)CC2=O)n[nH]1. The average molecular weight is 267 g/mol. The van der Waals surface area contributed by atoms with E-state index in [4.69, 9.17) is 10.5 Å². The highest BCUT2D eigenvalue weighted by molar-refractivity contribution is 5.99. The van der Waals surface area contributed by atoms with Gasteiger partial charge in [0.25, 0.3) is 5.95 Å². The molecule has 1 unspecified atom stereocenters. The van der Waals surface area contributed by atoms with Gasteiger partial charge >= 0.3 is 5.97 Å². The number of aromatic amines is 1. The summed E-state index contributed by atoms with van der Waals surface area (Å²) >= 11 is 0. The van der Waals surface area contributed by atoms with Crippen molar-refractivity contribution in [3.63, 3.8) is 0 Å². The minimum Gasteiger partial charge on any atom is -0.460 e. The zero-order chi connectivity index (χ0) is 14.0. The van der Waals surface area contributed by atoms with E-state index in [1.807, 2.05) is 0 Å². The molecule has 1 aliphatic rings. The Morgan fingerprint density at radius 1 is 1.58 bits per heavy atom. The van der Waals surface area contributed by atoms with Crippen LogP contribution in [0, 0.1) is 5.92 Å². The highest BCUT2D eigenvalue weighted by Gasteiger charge is 2.36. The fourth-order valence-corrected chi connectivity index (χ4v) is 1.76. The number of hydrogen-bond acceptors (Lipinski definition) is 6. The molecule has 1 aliphatic heterocycles. The van der Waals surface area contributed by atoms with E-state index in [1.54, 1.807) is 6.92 Å². The highest BCUT2D eigenvalue weighted by Crippen LogP contribution is 2.21. The van der Waals surface area contributed by atoms with Gasteiger partial charge in [0, 0.05) is 13.0 Å². The molecule has 9 heteroatoms. The van der Waals surface area contributed by atoms with Crippen LogP contribution in [0.1, 0.15) is 24.0 Å². The second-order valence-electron chi connectivity index (χ2n) is 4.01. The van der Waals surface area contributed by atoms with Crippen LogP contribution in [0.25, 0.3) is 0 Å². The lowest BCUT2D eigenvalue weighted by Gasteiger charge is -2.10. The van der Waals surface area contributed by atoms with Crippen molar-refractivity contribution >= 4 is 23.7 Å². The van der Waals surface area contributed by atoms with Crippen LogP contribution >= 0.6 is 0 Å². The Balaban J connectivity index is 2.13. The fourth-order valence-electron chi connectivity index (χ4n) is 1.76. The number of H-pyrrole nitrogens is 1. The standard InChI is InChI=1S/C10H13N5O4/c1-2-19-9(18)8-12-10(14-13-8)15-4-5(7(11)17)3-6(15)16/h5H,2-4H2,1H3,(H2,11,17)(H,12,13,14). The lowest BCUT2D eigenvalue weighted by molar-refractivity contribution is -0.123. The molecule has 1 fully saturated rings. The van der Waals surface area contributed by atoms with Crippen LogP contribution in [0.15, 0.2) is 0 Å². The summed E-state index contributed by atoms with van der Waals surface area (Å²) in [4.78, 5) is 39.2. The van der Waals surface area contributed by atoms with E-state index in [2.05, 4.69) is 15.2 Å². The van der Waals surface area contributed by atoms with Gasteiger partial charge in [-0.1, -0.05) is 0 Å². The number of esters is 1. The maximum Gasteiger partial charge on any atom is 0.375 e. The summed E-state index contributed by atoms with van der Waals surface area (Å²) in [5.74, 6) is -2.12. The lowest BCUT2D eigenvalue weighted by atomic mass is 10.1. The first kappa shape index (κ1) is 13.0. The molecule has 9 nitrogen and oxygen atoms in total. The van der Waals surface area contributed by atoms with E-state index in [0.717, 1.165) is 0 Å².